The zero-order chi connectivity index (χ0) is 17.2. The van der Waals surface area contributed by atoms with Gasteiger partial charge >= 0.3 is 0 Å². The molecule has 4 heteroatoms. The smallest absolute Gasteiger partial charge is 0.191 e. The van der Waals surface area contributed by atoms with E-state index in [0.717, 1.165) is 23.3 Å². The third kappa shape index (κ3) is 3.79. The van der Waals surface area contributed by atoms with Crippen molar-refractivity contribution >= 4 is 11.8 Å². The average molecular weight is 350 g/mol. The molecule has 0 unspecified atom stereocenters. The van der Waals surface area contributed by atoms with Gasteiger partial charge in [-0.15, -0.1) is 10.2 Å². The van der Waals surface area contributed by atoms with Crippen molar-refractivity contribution in [1.29, 1.82) is 0 Å². The number of thioether (sulfide) groups is 1. The Morgan fingerprint density at radius 1 is 1.04 bits per heavy atom. The van der Waals surface area contributed by atoms with E-state index in [2.05, 4.69) is 77.1 Å². The van der Waals surface area contributed by atoms with Crippen molar-refractivity contribution in [3.05, 3.63) is 76.6 Å². The highest BCUT2D eigenvalue weighted by Crippen LogP contribution is 2.40. The Hall–Kier alpha value is -2.07. The molecule has 0 N–H and O–H groups in total. The number of aryl methyl sites for hydroxylation is 2. The molecule has 0 aliphatic heterocycles. The van der Waals surface area contributed by atoms with E-state index in [0.29, 0.717) is 5.92 Å². The molecule has 1 aliphatic carbocycles. The Morgan fingerprint density at radius 3 is 2.60 bits per heavy atom. The van der Waals surface area contributed by atoms with Crippen LogP contribution < -0.4 is 0 Å². The molecule has 1 heterocycles. The number of benzene rings is 2. The average Bonchev–Trinajstić information content (AvgIpc) is 3.39. The third-order valence-electron chi connectivity index (χ3n) is 4.73. The number of nitrogens with zero attached hydrogens (tertiary/aromatic N) is 3. The molecule has 1 aliphatic rings. The minimum absolute atomic E-state index is 0.603. The maximum Gasteiger partial charge on any atom is 0.191 e. The van der Waals surface area contributed by atoms with Gasteiger partial charge in [-0.1, -0.05) is 65.9 Å². The van der Waals surface area contributed by atoms with E-state index in [9.17, 15) is 0 Å². The zero-order valence-electron chi connectivity index (χ0n) is 14.8. The van der Waals surface area contributed by atoms with Crippen LogP contribution in [0.15, 0.2) is 53.7 Å². The maximum absolute atomic E-state index is 4.52. The second kappa shape index (κ2) is 7.04. The van der Waals surface area contributed by atoms with Crippen LogP contribution in [0.1, 0.15) is 46.8 Å². The van der Waals surface area contributed by atoms with Gasteiger partial charge in [-0.3, -0.25) is 0 Å². The Bertz CT molecular complexity index is 866. The summed E-state index contributed by atoms with van der Waals surface area (Å²) in [6, 6.07) is 17.3. The second-order valence-electron chi connectivity index (χ2n) is 6.91. The summed E-state index contributed by atoms with van der Waals surface area (Å²) in [5, 5.41) is 10.1. The van der Waals surface area contributed by atoms with Gasteiger partial charge in [0.2, 0.25) is 0 Å². The largest absolute Gasteiger partial charge is 0.301 e. The summed E-state index contributed by atoms with van der Waals surface area (Å²) in [5.41, 5.74) is 5.34. The first-order chi connectivity index (χ1) is 12.2. The Morgan fingerprint density at radius 2 is 1.84 bits per heavy atom. The highest BCUT2D eigenvalue weighted by atomic mass is 32.2. The Labute approximate surface area is 153 Å². The highest BCUT2D eigenvalue weighted by molar-refractivity contribution is 7.98. The molecular weight excluding hydrogens is 326 g/mol. The fourth-order valence-corrected chi connectivity index (χ4v) is 4.07. The summed E-state index contributed by atoms with van der Waals surface area (Å²) >= 11 is 1.80. The van der Waals surface area contributed by atoms with Gasteiger partial charge in [0.25, 0.3) is 0 Å². The summed E-state index contributed by atoms with van der Waals surface area (Å²) in [7, 11) is 0. The lowest BCUT2D eigenvalue weighted by Crippen LogP contribution is -2.06. The molecule has 4 rings (SSSR count). The minimum atomic E-state index is 0.603. The van der Waals surface area contributed by atoms with Crippen LogP contribution in [0.2, 0.25) is 0 Å². The van der Waals surface area contributed by atoms with Crippen molar-refractivity contribution in [1.82, 2.24) is 14.8 Å². The molecule has 2 aromatic carbocycles. The third-order valence-corrected chi connectivity index (χ3v) is 5.75. The standard InChI is InChI=1S/C21H23N3S/c1-15-8-9-16(2)19(12-15)14-25-21-23-22-20(18-10-11-18)24(21)13-17-6-4-3-5-7-17/h3-9,12,18H,10-11,13-14H2,1-2H3. The second-order valence-corrected chi connectivity index (χ2v) is 7.85. The van der Waals surface area contributed by atoms with Crippen LogP contribution in [0, 0.1) is 13.8 Å². The molecule has 1 saturated carbocycles. The van der Waals surface area contributed by atoms with Gasteiger partial charge in [0, 0.05) is 11.7 Å². The zero-order valence-corrected chi connectivity index (χ0v) is 15.6. The van der Waals surface area contributed by atoms with Gasteiger partial charge in [0.15, 0.2) is 5.16 Å². The van der Waals surface area contributed by atoms with Gasteiger partial charge in [-0.2, -0.15) is 0 Å². The predicted octanol–water partition coefficient (Wildman–Crippen LogP) is 5.11. The van der Waals surface area contributed by atoms with Gasteiger partial charge < -0.3 is 4.57 Å². The normalized spacial score (nSPS) is 14.0. The number of aromatic nitrogens is 3. The summed E-state index contributed by atoms with van der Waals surface area (Å²) < 4.78 is 2.32. The fraction of sp³-hybridized carbons (Fsp3) is 0.333. The van der Waals surface area contributed by atoms with E-state index in [1.165, 1.54) is 35.1 Å². The van der Waals surface area contributed by atoms with Gasteiger partial charge in [-0.25, -0.2) is 0 Å². The molecule has 1 aromatic heterocycles. The van der Waals surface area contributed by atoms with Crippen LogP contribution in [-0.4, -0.2) is 14.8 Å². The first-order valence-corrected chi connectivity index (χ1v) is 9.85. The minimum Gasteiger partial charge on any atom is -0.301 e. The molecule has 0 radical (unpaired) electrons. The Balaban J connectivity index is 1.58. The molecule has 1 fully saturated rings. The van der Waals surface area contributed by atoms with Gasteiger partial charge in [0.1, 0.15) is 5.82 Å². The lowest BCUT2D eigenvalue weighted by atomic mass is 10.1. The highest BCUT2D eigenvalue weighted by Gasteiger charge is 2.30. The molecule has 0 saturated heterocycles. The van der Waals surface area contributed by atoms with Crippen molar-refractivity contribution in [3.63, 3.8) is 0 Å². The van der Waals surface area contributed by atoms with Crippen LogP contribution in [0.25, 0.3) is 0 Å². The number of hydrogen-bond acceptors (Lipinski definition) is 3. The monoisotopic (exact) mass is 349 g/mol. The summed E-state index contributed by atoms with van der Waals surface area (Å²) in [6.07, 6.45) is 2.49. The van der Waals surface area contributed by atoms with Crippen molar-refractivity contribution in [2.45, 2.75) is 50.1 Å². The quantitative estimate of drug-likeness (QED) is 0.579. The lowest BCUT2D eigenvalue weighted by molar-refractivity contribution is 0.667. The summed E-state index contributed by atoms with van der Waals surface area (Å²) in [6.45, 7) is 5.19. The molecule has 0 amide bonds. The van der Waals surface area contributed by atoms with Crippen LogP contribution >= 0.6 is 11.8 Å². The van der Waals surface area contributed by atoms with Crippen molar-refractivity contribution in [2.24, 2.45) is 0 Å². The fourth-order valence-electron chi connectivity index (χ4n) is 3.06. The van der Waals surface area contributed by atoms with Crippen LogP contribution in [0.4, 0.5) is 0 Å². The summed E-state index contributed by atoms with van der Waals surface area (Å²) in [5.74, 6) is 2.70. The lowest BCUT2D eigenvalue weighted by Gasteiger charge is -2.11. The molecule has 0 spiro atoms. The van der Waals surface area contributed by atoms with Crippen molar-refractivity contribution in [2.75, 3.05) is 0 Å². The van der Waals surface area contributed by atoms with E-state index in [4.69, 9.17) is 0 Å². The van der Waals surface area contributed by atoms with Crippen LogP contribution in [0.3, 0.4) is 0 Å². The van der Waals surface area contributed by atoms with Gasteiger partial charge in [-0.05, 0) is 43.4 Å². The number of rotatable bonds is 6. The SMILES string of the molecule is Cc1ccc(C)c(CSc2nnc(C3CC3)n2Cc2ccccc2)c1. The Kier molecular flexibility index (Phi) is 4.62. The topological polar surface area (TPSA) is 30.7 Å². The van der Waals surface area contributed by atoms with E-state index >= 15 is 0 Å². The van der Waals surface area contributed by atoms with E-state index in [1.807, 2.05) is 0 Å². The molecular formula is C21H23N3S. The van der Waals surface area contributed by atoms with Gasteiger partial charge in [0.05, 0.1) is 6.54 Å². The molecule has 3 nitrogen and oxygen atoms in total. The number of hydrogen-bond donors (Lipinski definition) is 0. The molecule has 0 atom stereocenters. The van der Waals surface area contributed by atoms with E-state index in [-0.39, 0.29) is 0 Å². The first kappa shape index (κ1) is 16.4. The molecule has 25 heavy (non-hydrogen) atoms. The summed E-state index contributed by atoms with van der Waals surface area (Å²) in [4.78, 5) is 0. The van der Waals surface area contributed by atoms with Crippen LogP contribution in [0.5, 0.6) is 0 Å². The van der Waals surface area contributed by atoms with E-state index in [1.54, 1.807) is 11.8 Å². The first-order valence-electron chi connectivity index (χ1n) is 8.86. The molecule has 0 bridgehead atoms. The van der Waals surface area contributed by atoms with E-state index < -0.39 is 0 Å². The molecule has 128 valence electrons. The maximum atomic E-state index is 4.52. The van der Waals surface area contributed by atoms with Crippen molar-refractivity contribution < 1.29 is 0 Å². The molecule has 3 aromatic rings. The van der Waals surface area contributed by atoms with Crippen LogP contribution in [-0.2, 0) is 12.3 Å². The predicted molar refractivity (Wildman–Crippen MR) is 103 cm³/mol. The van der Waals surface area contributed by atoms with Crippen molar-refractivity contribution in [3.8, 4) is 0 Å².